The van der Waals surface area contributed by atoms with E-state index < -0.39 is 12.1 Å². The van der Waals surface area contributed by atoms with Gasteiger partial charge < -0.3 is 16.4 Å². The van der Waals surface area contributed by atoms with Crippen LogP contribution in [0.2, 0.25) is 0 Å². The third kappa shape index (κ3) is 3.57. The predicted molar refractivity (Wildman–Crippen MR) is 77.0 cm³/mol. The number of benzene rings is 1. The SMILES string of the molecule is C[C@H](N)C(=O)N[C@H]1CC[C@@H](c2ccccc2)CNC1=O. The molecule has 1 heterocycles. The molecule has 1 aromatic rings. The number of nitrogens with two attached hydrogens (primary N) is 1. The van der Waals surface area contributed by atoms with E-state index in [1.54, 1.807) is 6.92 Å². The van der Waals surface area contributed by atoms with Crippen LogP contribution in [0.25, 0.3) is 0 Å². The van der Waals surface area contributed by atoms with Crippen molar-refractivity contribution in [2.75, 3.05) is 6.54 Å². The average molecular weight is 275 g/mol. The highest BCUT2D eigenvalue weighted by molar-refractivity contribution is 5.89. The van der Waals surface area contributed by atoms with Crippen LogP contribution in [0.3, 0.4) is 0 Å². The molecule has 0 spiro atoms. The van der Waals surface area contributed by atoms with Crippen molar-refractivity contribution in [2.24, 2.45) is 5.73 Å². The fourth-order valence-electron chi connectivity index (χ4n) is 2.40. The van der Waals surface area contributed by atoms with Crippen molar-refractivity contribution in [1.29, 1.82) is 0 Å². The van der Waals surface area contributed by atoms with Crippen molar-refractivity contribution < 1.29 is 9.59 Å². The lowest BCUT2D eigenvalue weighted by atomic mass is 9.94. The van der Waals surface area contributed by atoms with E-state index in [1.807, 2.05) is 18.2 Å². The van der Waals surface area contributed by atoms with Gasteiger partial charge in [0.2, 0.25) is 11.8 Å². The molecular weight excluding hydrogens is 254 g/mol. The summed E-state index contributed by atoms with van der Waals surface area (Å²) in [7, 11) is 0. The molecular formula is C15H21N3O2. The van der Waals surface area contributed by atoms with E-state index in [0.29, 0.717) is 13.0 Å². The highest BCUT2D eigenvalue weighted by atomic mass is 16.2. The van der Waals surface area contributed by atoms with Gasteiger partial charge in [-0.3, -0.25) is 9.59 Å². The van der Waals surface area contributed by atoms with E-state index in [0.717, 1.165) is 6.42 Å². The molecule has 4 N–H and O–H groups in total. The predicted octanol–water partition coefficient (Wildman–Crippen LogP) is 0.512. The number of hydrogen-bond acceptors (Lipinski definition) is 3. The third-order valence-electron chi connectivity index (χ3n) is 3.64. The molecule has 0 unspecified atom stereocenters. The van der Waals surface area contributed by atoms with Crippen LogP contribution in [0.15, 0.2) is 30.3 Å². The summed E-state index contributed by atoms with van der Waals surface area (Å²) in [5, 5.41) is 5.60. The van der Waals surface area contributed by atoms with E-state index in [4.69, 9.17) is 5.73 Å². The molecule has 3 atom stereocenters. The fraction of sp³-hybridized carbons (Fsp3) is 0.467. The van der Waals surface area contributed by atoms with Crippen LogP contribution in [0, 0.1) is 0 Å². The molecule has 1 fully saturated rings. The highest BCUT2D eigenvalue weighted by Gasteiger charge is 2.27. The first-order valence-corrected chi connectivity index (χ1v) is 6.96. The van der Waals surface area contributed by atoms with Gasteiger partial charge in [0.1, 0.15) is 6.04 Å². The van der Waals surface area contributed by atoms with Crippen LogP contribution in [0.5, 0.6) is 0 Å². The lowest BCUT2D eigenvalue weighted by Gasteiger charge is -2.16. The Kier molecular flexibility index (Phi) is 4.74. The molecule has 20 heavy (non-hydrogen) atoms. The Morgan fingerprint density at radius 1 is 1.35 bits per heavy atom. The van der Waals surface area contributed by atoms with E-state index in [-0.39, 0.29) is 17.7 Å². The van der Waals surface area contributed by atoms with E-state index in [9.17, 15) is 9.59 Å². The summed E-state index contributed by atoms with van der Waals surface area (Å²) in [4.78, 5) is 23.6. The minimum atomic E-state index is -0.601. The maximum Gasteiger partial charge on any atom is 0.242 e. The molecule has 1 aliphatic rings. The number of carbonyl (C=O) groups is 2. The topological polar surface area (TPSA) is 84.2 Å². The average Bonchev–Trinajstić information content (AvgIpc) is 2.63. The molecule has 0 aliphatic carbocycles. The van der Waals surface area contributed by atoms with Crippen LogP contribution < -0.4 is 16.4 Å². The summed E-state index contributed by atoms with van der Waals surface area (Å²) in [6.07, 6.45) is 1.48. The van der Waals surface area contributed by atoms with Gasteiger partial charge in [0.25, 0.3) is 0 Å². The summed E-state index contributed by atoms with van der Waals surface area (Å²) >= 11 is 0. The van der Waals surface area contributed by atoms with Gasteiger partial charge in [-0.25, -0.2) is 0 Å². The number of amides is 2. The highest BCUT2D eigenvalue weighted by Crippen LogP contribution is 2.23. The first-order valence-electron chi connectivity index (χ1n) is 6.96. The summed E-state index contributed by atoms with van der Waals surface area (Å²) < 4.78 is 0. The Balaban J connectivity index is 2.00. The van der Waals surface area contributed by atoms with Crippen LogP contribution in [-0.4, -0.2) is 30.4 Å². The van der Waals surface area contributed by atoms with Gasteiger partial charge in [-0.2, -0.15) is 0 Å². The Hall–Kier alpha value is -1.88. The van der Waals surface area contributed by atoms with Crippen LogP contribution in [0.4, 0.5) is 0 Å². The second-order valence-electron chi connectivity index (χ2n) is 5.28. The molecule has 1 aromatic carbocycles. The molecule has 0 saturated carbocycles. The zero-order chi connectivity index (χ0) is 14.5. The van der Waals surface area contributed by atoms with Crippen molar-refractivity contribution in [1.82, 2.24) is 10.6 Å². The molecule has 0 aromatic heterocycles. The fourth-order valence-corrected chi connectivity index (χ4v) is 2.40. The van der Waals surface area contributed by atoms with Crippen molar-refractivity contribution in [3.8, 4) is 0 Å². The van der Waals surface area contributed by atoms with Gasteiger partial charge >= 0.3 is 0 Å². The number of nitrogens with one attached hydrogen (secondary N) is 2. The van der Waals surface area contributed by atoms with Crippen LogP contribution in [-0.2, 0) is 9.59 Å². The molecule has 5 nitrogen and oxygen atoms in total. The summed E-state index contributed by atoms with van der Waals surface area (Å²) in [5.41, 5.74) is 6.73. The lowest BCUT2D eigenvalue weighted by molar-refractivity contribution is -0.129. The normalized spacial score (nSPS) is 24.4. The molecule has 1 saturated heterocycles. The molecule has 108 valence electrons. The third-order valence-corrected chi connectivity index (χ3v) is 3.64. The maximum atomic E-state index is 12.0. The summed E-state index contributed by atoms with van der Waals surface area (Å²) in [6.45, 7) is 2.21. The standard InChI is InChI=1S/C15H21N3O2/c1-10(16)14(19)18-13-8-7-12(9-17-15(13)20)11-5-3-2-4-6-11/h2-6,10,12-13H,7-9,16H2,1H3,(H,17,20)(H,18,19)/t10-,12+,13-/m0/s1. The van der Waals surface area contributed by atoms with Gasteiger partial charge in [0.15, 0.2) is 0 Å². The molecule has 2 rings (SSSR count). The molecule has 1 aliphatic heterocycles. The quantitative estimate of drug-likeness (QED) is 0.751. The van der Waals surface area contributed by atoms with Crippen molar-refractivity contribution in [3.63, 3.8) is 0 Å². The Bertz CT molecular complexity index is 473. The Labute approximate surface area is 118 Å². The zero-order valence-corrected chi connectivity index (χ0v) is 11.6. The molecule has 2 amide bonds. The van der Waals surface area contributed by atoms with E-state index in [2.05, 4.69) is 22.8 Å². The molecule has 0 radical (unpaired) electrons. The van der Waals surface area contributed by atoms with Crippen molar-refractivity contribution >= 4 is 11.8 Å². The monoisotopic (exact) mass is 275 g/mol. The summed E-state index contributed by atoms with van der Waals surface area (Å²) in [6, 6.07) is 9.02. The maximum absolute atomic E-state index is 12.0. The minimum absolute atomic E-state index is 0.127. The molecule has 5 heteroatoms. The Morgan fingerprint density at radius 3 is 2.70 bits per heavy atom. The van der Waals surface area contributed by atoms with Gasteiger partial charge in [-0.05, 0) is 25.3 Å². The van der Waals surface area contributed by atoms with Gasteiger partial charge in [0.05, 0.1) is 6.04 Å². The first kappa shape index (κ1) is 14.5. The van der Waals surface area contributed by atoms with Gasteiger partial charge in [-0.1, -0.05) is 30.3 Å². The number of hydrogen-bond donors (Lipinski definition) is 3. The smallest absolute Gasteiger partial charge is 0.242 e. The van der Waals surface area contributed by atoms with Gasteiger partial charge in [0, 0.05) is 12.5 Å². The minimum Gasteiger partial charge on any atom is -0.354 e. The second kappa shape index (κ2) is 6.52. The van der Waals surface area contributed by atoms with E-state index >= 15 is 0 Å². The zero-order valence-electron chi connectivity index (χ0n) is 11.6. The number of carbonyl (C=O) groups excluding carboxylic acids is 2. The summed E-state index contributed by atoms with van der Waals surface area (Å²) in [5.74, 6) is -0.127. The van der Waals surface area contributed by atoms with Crippen molar-refractivity contribution in [3.05, 3.63) is 35.9 Å². The van der Waals surface area contributed by atoms with Crippen LogP contribution >= 0.6 is 0 Å². The lowest BCUT2D eigenvalue weighted by Crippen LogP contribution is -2.50. The van der Waals surface area contributed by atoms with Crippen molar-refractivity contribution in [2.45, 2.75) is 37.8 Å². The Morgan fingerprint density at radius 2 is 2.05 bits per heavy atom. The van der Waals surface area contributed by atoms with Crippen LogP contribution in [0.1, 0.15) is 31.2 Å². The number of rotatable bonds is 3. The second-order valence-corrected chi connectivity index (χ2v) is 5.28. The largest absolute Gasteiger partial charge is 0.354 e. The first-order chi connectivity index (χ1) is 9.58. The van der Waals surface area contributed by atoms with E-state index in [1.165, 1.54) is 5.56 Å². The molecule has 0 bridgehead atoms. The van der Waals surface area contributed by atoms with Gasteiger partial charge in [-0.15, -0.1) is 0 Å².